The molecule has 0 aliphatic carbocycles. The van der Waals surface area contributed by atoms with Crippen molar-refractivity contribution in [2.24, 2.45) is 0 Å². The van der Waals surface area contributed by atoms with E-state index in [0.29, 0.717) is 24.3 Å². The van der Waals surface area contributed by atoms with Gasteiger partial charge in [0.15, 0.2) is 0 Å². The van der Waals surface area contributed by atoms with E-state index in [1.807, 2.05) is 57.2 Å². The van der Waals surface area contributed by atoms with Gasteiger partial charge in [0.25, 0.3) is 5.91 Å². The minimum absolute atomic E-state index is 0.223. The van der Waals surface area contributed by atoms with Gasteiger partial charge in [0.1, 0.15) is 11.5 Å². The second kappa shape index (κ2) is 10.8. The number of nitrogens with one attached hydrogen (secondary N) is 1. The van der Waals surface area contributed by atoms with Gasteiger partial charge in [-0.25, -0.2) is 0 Å². The first kappa shape index (κ1) is 23.4. The lowest BCUT2D eigenvalue weighted by molar-refractivity contribution is -0.134. The molecule has 5 nitrogen and oxygen atoms in total. The maximum absolute atomic E-state index is 12.3. The molecule has 0 heterocycles. The largest absolute Gasteiger partial charge is 0.494 e. The third-order valence-electron chi connectivity index (χ3n) is 4.86. The van der Waals surface area contributed by atoms with Crippen LogP contribution in [-0.2, 0) is 4.79 Å². The number of amides is 1. The standard InChI is InChI=1S/C26H26ClNO4/c1-17-6-10-21(11-7-17)28-26(30)20-8-12-22(13-9-20)32-24(29)5-4-14-31-23-15-18(2)25(27)19(3)16-23/h6-13,15-16H,4-5,14H2,1-3H3,(H,28,30). The fourth-order valence-corrected chi connectivity index (χ4v) is 3.20. The number of carbonyl (C=O) groups is 2. The molecule has 0 atom stereocenters. The Morgan fingerprint density at radius 3 is 2.12 bits per heavy atom. The minimum Gasteiger partial charge on any atom is -0.494 e. The van der Waals surface area contributed by atoms with E-state index >= 15 is 0 Å². The lowest BCUT2D eigenvalue weighted by Crippen LogP contribution is -2.12. The molecule has 0 radical (unpaired) electrons. The zero-order valence-electron chi connectivity index (χ0n) is 18.4. The van der Waals surface area contributed by atoms with Crippen LogP contribution in [0.5, 0.6) is 11.5 Å². The summed E-state index contributed by atoms with van der Waals surface area (Å²) < 4.78 is 11.1. The Kier molecular flexibility index (Phi) is 7.90. The summed E-state index contributed by atoms with van der Waals surface area (Å²) in [6.07, 6.45) is 0.748. The van der Waals surface area contributed by atoms with Gasteiger partial charge in [-0.15, -0.1) is 0 Å². The number of halogens is 1. The molecule has 3 aromatic rings. The second-order valence-electron chi connectivity index (χ2n) is 7.64. The van der Waals surface area contributed by atoms with Gasteiger partial charge in [-0.1, -0.05) is 29.3 Å². The van der Waals surface area contributed by atoms with Crippen molar-refractivity contribution in [2.75, 3.05) is 11.9 Å². The molecule has 0 bridgehead atoms. The summed E-state index contributed by atoms with van der Waals surface area (Å²) in [4.78, 5) is 24.4. The molecular weight excluding hydrogens is 426 g/mol. The van der Waals surface area contributed by atoms with Gasteiger partial charge < -0.3 is 14.8 Å². The van der Waals surface area contributed by atoms with E-state index in [4.69, 9.17) is 21.1 Å². The number of hydrogen-bond donors (Lipinski definition) is 1. The maximum Gasteiger partial charge on any atom is 0.311 e. The Bertz CT molecular complexity index is 1070. The van der Waals surface area contributed by atoms with Crippen LogP contribution in [0.2, 0.25) is 5.02 Å². The van der Waals surface area contributed by atoms with Crippen molar-refractivity contribution in [3.05, 3.63) is 87.9 Å². The average molecular weight is 452 g/mol. The Morgan fingerprint density at radius 2 is 1.50 bits per heavy atom. The molecule has 6 heteroatoms. The van der Waals surface area contributed by atoms with E-state index in [1.165, 1.54) is 0 Å². The van der Waals surface area contributed by atoms with Gasteiger partial charge in [0.2, 0.25) is 0 Å². The first-order chi connectivity index (χ1) is 15.3. The lowest BCUT2D eigenvalue weighted by atomic mass is 10.1. The molecule has 3 rings (SSSR count). The van der Waals surface area contributed by atoms with E-state index in [-0.39, 0.29) is 18.3 Å². The summed E-state index contributed by atoms with van der Waals surface area (Å²) >= 11 is 6.16. The molecule has 166 valence electrons. The highest BCUT2D eigenvalue weighted by Crippen LogP contribution is 2.26. The Labute approximate surface area is 193 Å². The highest BCUT2D eigenvalue weighted by molar-refractivity contribution is 6.32. The first-order valence-corrected chi connectivity index (χ1v) is 10.8. The van der Waals surface area contributed by atoms with Crippen molar-refractivity contribution >= 4 is 29.2 Å². The van der Waals surface area contributed by atoms with E-state index in [0.717, 1.165) is 33.1 Å². The molecule has 0 aromatic heterocycles. The Balaban J connectivity index is 1.43. The topological polar surface area (TPSA) is 64.6 Å². The number of esters is 1. The highest BCUT2D eigenvalue weighted by atomic mass is 35.5. The summed E-state index contributed by atoms with van der Waals surface area (Å²) in [6.45, 7) is 6.24. The highest BCUT2D eigenvalue weighted by Gasteiger charge is 2.09. The molecular formula is C26H26ClNO4. The van der Waals surface area contributed by atoms with Gasteiger partial charge in [-0.2, -0.15) is 0 Å². The smallest absolute Gasteiger partial charge is 0.311 e. The number of anilines is 1. The minimum atomic E-state index is -0.353. The Hall–Kier alpha value is -3.31. The molecule has 0 fully saturated rings. The molecule has 0 spiro atoms. The lowest BCUT2D eigenvalue weighted by Gasteiger charge is -2.10. The van der Waals surface area contributed by atoms with E-state index in [9.17, 15) is 9.59 Å². The van der Waals surface area contributed by atoms with Crippen molar-refractivity contribution in [1.82, 2.24) is 0 Å². The molecule has 0 aliphatic rings. The van der Waals surface area contributed by atoms with Crippen LogP contribution >= 0.6 is 11.6 Å². The molecule has 3 aromatic carbocycles. The first-order valence-electron chi connectivity index (χ1n) is 10.4. The van der Waals surface area contributed by atoms with E-state index in [2.05, 4.69) is 5.32 Å². The molecule has 32 heavy (non-hydrogen) atoms. The van der Waals surface area contributed by atoms with Gasteiger partial charge in [-0.3, -0.25) is 9.59 Å². The third kappa shape index (κ3) is 6.59. The van der Waals surface area contributed by atoms with Crippen molar-refractivity contribution in [3.63, 3.8) is 0 Å². The number of benzene rings is 3. The molecule has 0 saturated carbocycles. The van der Waals surface area contributed by atoms with Crippen LogP contribution in [0.1, 0.15) is 39.9 Å². The zero-order chi connectivity index (χ0) is 23.1. The Morgan fingerprint density at radius 1 is 0.875 bits per heavy atom. The molecule has 0 aliphatic heterocycles. The number of carbonyl (C=O) groups excluding carboxylic acids is 2. The predicted molar refractivity (Wildman–Crippen MR) is 127 cm³/mol. The predicted octanol–water partition coefficient (Wildman–Crippen LogP) is 6.28. The van der Waals surface area contributed by atoms with Crippen LogP contribution < -0.4 is 14.8 Å². The van der Waals surface area contributed by atoms with Crippen molar-refractivity contribution in [1.29, 1.82) is 0 Å². The normalized spacial score (nSPS) is 10.5. The van der Waals surface area contributed by atoms with Crippen LogP contribution in [0.4, 0.5) is 5.69 Å². The fraction of sp³-hybridized carbons (Fsp3) is 0.231. The SMILES string of the molecule is Cc1ccc(NC(=O)c2ccc(OC(=O)CCCOc3cc(C)c(Cl)c(C)c3)cc2)cc1. The van der Waals surface area contributed by atoms with Gasteiger partial charge in [0.05, 0.1) is 6.61 Å². The van der Waals surface area contributed by atoms with E-state index in [1.54, 1.807) is 24.3 Å². The number of ether oxygens (including phenoxy) is 2. The molecule has 0 unspecified atom stereocenters. The van der Waals surface area contributed by atoms with Crippen LogP contribution in [0.25, 0.3) is 0 Å². The van der Waals surface area contributed by atoms with Crippen molar-refractivity contribution in [3.8, 4) is 11.5 Å². The summed E-state index contributed by atoms with van der Waals surface area (Å²) in [6, 6.07) is 17.8. The number of rotatable bonds is 8. The van der Waals surface area contributed by atoms with E-state index < -0.39 is 0 Å². The number of aryl methyl sites for hydroxylation is 3. The van der Waals surface area contributed by atoms with Crippen molar-refractivity contribution < 1.29 is 19.1 Å². The molecule has 0 saturated heterocycles. The van der Waals surface area contributed by atoms with Gasteiger partial charge in [-0.05, 0) is 86.8 Å². The average Bonchev–Trinajstić information content (AvgIpc) is 2.77. The van der Waals surface area contributed by atoms with Crippen LogP contribution in [0.3, 0.4) is 0 Å². The quantitative estimate of drug-likeness (QED) is 0.248. The van der Waals surface area contributed by atoms with Crippen LogP contribution in [0, 0.1) is 20.8 Å². The van der Waals surface area contributed by atoms with Crippen molar-refractivity contribution in [2.45, 2.75) is 33.6 Å². The fourth-order valence-electron chi connectivity index (χ4n) is 3.09. The third-order valence-corrected chi connectivity index (χ3v) is 5.46. The summed E-state index contributed by atoms with van der Waals surface area (Å²) in [7, 11) is 0. The molecule has 1 amide bonds. The number of hydrogen-bond acceptors (Lipinski definition) is 4. The summed E-state index contributed by atoms with van der Waals surface area (Å²) in [5.74, 6) is 0.550. The summed E-state index contributed by atoms with van der Waals surface area (Å²) in [5, 5.41) is 3.57. The zero-order valence-corrected chi connectivity index (χ0v) is 19.2. The molecule has 1 N–H and O–H groups in total. The maximum atomic E-state index is 12.3. The van der Waals surface area contributed by atoms with Gasteiger partial charge >= 0.3 is 5.97 Å². The van der Waals surface area contributed by atoms with Crippen LogP contribution in [-0.4, -0.2) is 18.5 Å². The second-order valence-corrected chi connectivity index (χ2v) is 8.02. The summed E-state index contributed by atoms with van der Waals surface area (Å²) in [5.41, 5.74) is 4.24. The van der Waals surface area contributed by atoms with Crippen LogP contribution in [0.15, 0.2) is 60.7 Å². The van der Waals surface area contributed by atoms with Gasteiger partial charge in [0, 0.05) is 22.7 Å². The monoisotopic (exact) mass is 451 g/mol.